The molecule has 1 heterocycles. The summed E-state index contributed by atoms with van der Waals surface area (Å²) in [5.74, 6) is 0. The first-order valence-corrected chi connectivity index (χ1v) is 6.73. The van der Waals surface area contributed by atoms with Crippen molar-refractivity contribution in [3.05, 3.63) is 40.2 Å². The molecular weight excluding hydrogens is 250 g/mol. The number of benzene rings is 1. The zero-order valence-corrected chi connectivity index (χ0v) is 11.8. The van der Waals surface area contributed by atoms with Gasteiger partial charge in [-0.25, -0.2) is 0 Å². The Morgan fingerprint density at radius 2 is 1.82 bits per heavy atom. The number of rotatable bonds is 1. The molecule has 2 aromatic rings. The van der Waals surface area contributed by atoms with Crippen LogP contribution in [0, 0.1) is 0 Å². The van der Waals surface area contributed by atoms with Crippen LogP contribution < -0.4 is 5.73 Å². The Labute approximate surface area is 111 Å². The van der Waals surface area contributed by atoms with Crippen molar-refractivity contribution in [2.24, 2.45) is 0 Å². The maximum absolute atomic E-state index is 5.99. The first kappa shape index (κ1) is 12.5. The van der Waals surface area contributed by atoms with Crippen molar-refractivity contribution in [1.29, 1.82) is 0 Å². The molecule has 3 heteroatoms. The molecule has 0 aliphatic heterocycles. The van der Waals surface area contributed by atoms with E-state index in [0.29, 0.717) is 5.02 Å². The molecule has 1 aromatic heterocycles. The number of hydrogen-bond donors (Lipinski definition) is 1. The van der Waals surface area contributed by atoms with E-state index >= 15 is 0 Å². The van der Waals surface area contributed by atoms with Crippen molar-refractivity contribution in [2.45, 2.75) is 26.2 Å². The molecule has 2 rings (SSSR count). The van der Waals surface area contributed by atoms with Crippen molar-refractivity contribution in [3.8, 4) is 10.4 Å². The number of halogens is 1. The lowest BCUT2D eigenvalue weighted by Gasteiger charge is -2.15. The Hall–Kier alpha value is -0.990. The van der Waals surface area contributed by atoms with Crippen LogP contribution in [0.1, 0.15) is 25.6 Å². The number of nitrogen functional groups attached to an aromatic ring is 1. The molecule has 0 unspecified atom stereocenters. The fourth-order valence-corrected chi connectivity index (χ4v) is 2.94. The minimum Gasteiger partial charge on any atom is -0.398 e. The highest BCUT2D eigenvalue weighted by Crippen LogP contribution is 2.37. The Kier molecular flexibility index (Phi) is 3.19. The lowest BCUT2D eigenvalue weighted by Crippen LogP contribution is -2.07. The lowest BCUT2D eigenvalue weighted by atomic mass is 9.95. The highest BCUT2D eigenvalue weighted by atomic mass is 35.5. The number of hydrogen-bond acceptors (Lipinski definition) is 2. The fraction of sp³-hybridized carbons (Fsp3) is 0.286. The van der Waals surface area contributed by atoms with Crippen molar-refractivity contribution in [1.82, 2.24) is 0 Å². The van der Waals surface area contributed by atoms with Gasteiger partial charge in [0.1, 0.15) is 0 Å². The van der Waals surface area contributed by atoms with Crippen LogP contribution in [0.3, 0.4) is 0 Å². The zero-order chi connectivity index (χ0) is 12.6. The molecule has 0 saturated carbocycles. The van der Waals surface area contributed by atoms with E-state index in [1.165, 1.54) is 9.75 Å². The highest BCUT2D eigenvalue weighted by molar-refractivity contribution is 7.15. The van der Waals surface area contributed by atoms with Crippen LogP contribution in [-0.4, -0.2) is 0 Å². The van der Waals surface area contributed by atoms with E-state index in [-0.39, 0.29) is 5.41 Å². The molecule has 0 saturated heterocycles. The molecular formula is C14H16ClNS. The van der Waals surface area contributed by atoms with Gasteiger partial charge in [-0.15, -0.1) is 11.3 Å². The van der Waals surface area contributed by atoms with Crippen molar-refractivity contribution < 1.29 is 0 Å². The first-order valence-electron chi connectivity index (χ1n) is 5.53. The summed E-state index contributed by atoms with van der Waals surface area (Å²) in [5.41, 5.74) is 7.98. The van der Waals surface area contributed by atoms with Crippen LogP contribution >= 0.6 is 22.9 Å². The summed E-state index contributed by atoms with van der Waals surface area (Å²) in [6.45, 7) is 6.65. The molecule has 1 nitrogen and oxygen atoms in total. The normalized spacial score (nSPS) is 11.8. The van der Waals surface area contributed by atoms with Crippen molar-refractivity contribution in [3.63, 3.8) is 0 Å². The maximum atomic E-state index is 5.99. The van der Waals surface area contributed by atoms with Crippen LogP contribution in [-0.2, 0) is 5.41 Å². The van der Waals surface area contributed by atoms with Gasteiger partial charge in [0, 0.05) is 26.0 Å². The Morgan fingerprint density at radius 3 is 2.35 bits per heavy atom. The smallest absolute Gasteiger partial charge is 0.0426 e. The predicted molar refractivity (Wildman–Crippen MR) is 77.9 cm³/mol. The second-order valence-corrected chi connectivity index (χ2v) is 6.67. The quantitative estimate of drug-likeness (QED) is 0.726. The monoisotopic (exact) mass is 265 g/mol. The van der Waals surface area contributed by atoms with E-state index in [9.17, 15) is 0 Å². The van der Waals surface area contributed by atoms with Crippen LogP contribution in [0.25, 0.3) is 10.4 Å². The Balaban J connectivity index is 2.44. The summed E-state index contributed by atoms with van der Waals surface area (Å²) in [7, 11) is 0. The zero-order valence-electron chi connectivity index (χ0n) is 10.3. The molecule has 0 atom stereocenters. The van der Waals surface area contributed by atoms with E-state index in [1.54, 1.807) is 17.4 Å². The van der Waals surface area contributed by atoms with Gasteiger partial charge in [-0.1, -0.05) is 38.4 Å². The van der Waals surface area contributed by atoms with Gasteiger partial charge in [-0.2, -0.15) is 0 Å². The molecule has 2 N–H and O–H groups in total. The number of nitrogens with two attached hydrogens (primary N) is 1. The van der Waals surface area contributed by atoms with Crippen LogP contribution in [0.4, 0.5) is 5.69 Å². The van der Waals surface area contributed by atoms with Crippen molar-refractivity contribution in [2.75, 3.05) is 5.73 Å². The van der Waals surface area contributed by atoms with Crippen LogP contribution in [0.5, 0.6) is 0 Å². The van der Waals surface area contributed by atoms with Gasteiger partial charge in [0.2, 0.25) is 0 Å². The summed E-state index contributed by atoms with van der Waals surface area (Å²) >= 11 is 7.70. The molecule has 0 fully saturated rings. The predicted octanol–water partition coefficient (Wildman–Crippen LogP) is 4.95. The third-order valence-corrected chi connectivity index (χ3v) is 4.40. The van der Waals surface area contributed by atoms with E-state index in [2.05, 4.69) is 32.9 Å². The lowest BCUT2D eigenvalue weighted by molar-refractivity contribution is 0.604. The Bertz CT molecular complexity index is 537. The largest absolute Gasteiger partial charge is 0.398 e. The Morgan fingerprint density at radius 1 is 1.12 bits per heavy atom. The molecule has 1 aromatic carbocycles. The first-order chi connectivity index (χ1) is 7.88. The van der Waals surface area contributed by atoms with Gasteiger partial charge >= 0.3 is 0 Å². The third kappa shape index (κ3) is 2.64. The minimum atomic E-state index is 0.185. The van der Waals surface area contributed by atoms with Crippen molar-refractivity contribution >= 4 is 28.6 Å². The van der Waals surface area contributed by atoms with Crippen LogP contribution in [0.15, 0.2) is 30.3 Å². The second kappa shape index (κ2) is 4.35. The summed E-state index contributed by atoms with van der Waals surface area (Å²) in [5, 5.41) is 0.679. The van der Waals surface area contributed by atoms with Gasteiger partial charge in [0.05, 0.1) is 0 Å². The maximum Gasteiger partial charge on any atom is 0.0426 e. The van der Waals surface area contributed by atoms with E-state index < -0.39 is 0 Å². The SMILES string of the molecule is CC(C)(C)c1ccc(-c2ccc(Cl)cc2N)s1. The molecule has 0 amide bonds. The third-order valence-electron chi connectivity index (χ3n) is 2.62. The van der Waals surface area contributed by atoms with Gasteiger partial charge in [0.15, 0.2) is 0 Å². The van der Waals surface area contributed by atoms with E-state index in [1.807, 2.05) is 12.1 Å². The fourth-order valence-electron chi connectivity index (χ4n) is 1.64. The molecule has 0 bridgehead atoms. The summed E-state index contributed by atoms with van der Waals surface area (Å²) in [6.07, 6.45) is 0. The molecule has 0 radical (unpaired) electrons. The molecule has 0 aliphatic rings. The van der Waals surface area contributed by atoms with Gasteiger partial charge < -0.3 is 5.73 Å². The summed E-state index contributed by atoms with van der Waals surface area (Å²) < 4.78 is 0. The van der Waals surface area contributed by atoms with E-state index in [4.69, 9.17) is 17.3 Å². The molecule has 17 heavy (non-hydrogen) atoms. The van der Waals surface area contributed by atoms with Gasteiger partial charge in [0.25, 0.3) is 0 Å². The minimum absolute atomic E-state index is 0.185. The molecule has 0 aliphatic carbocycles. The standard InChI is InChI=1S/C14H16ClNS/c1-14(2,3)13-7-6-12(17-13)10-5-4-9(15)8-11(10)16/h4-8H,16H2,1-3H3. The number of thiophene rings is 1. The summed E-state index contributed by atoms with van der Waals surface area (Å²) in [4.78, 5) is 2.56. The molecule has 0 spiro atoms. The van der Waals surface area contributed by atoms with Gasteiger partial charge in [-0.05, 0) is 29.7 Å². The van der Waals surface area contributed by atoms with Gasteiger partial charge in [-0.3, -0.25) is 0 Å². The summed E-state index contributed by atoms with van der Waals surface area (Å²) in [6, 6.07) is 9.96. The topological polar surface area (TPSA) is 26.0 Å². The average Bonchev–Trinajstić information content (AvgIpc) is 2.65. The highest BCUT2D eigenvalue weighted by Gasteiger charge is 2.17. The molecule has 90 valence electrons. The van der Waals surface area contributed by atoms with Crippen LogP contribution in [0.2, 0.25) is 5.02 Å². The van der Waals surface area contributed by atoms with E-state index in [0.717, 1.165) is 11.3 Å². The number of anilines is 1. The average molecular weight is 266 g/mol. The second-order valence-electron chi connectivity index (χ2n) is 5.15.